The van der Waals surface area contributed by atoms with Crippen molar-refractivity contribution in [2.75, 3.05) is 27.3 Å². The van der Waals surface area contributed by atoms with Gasteiger partial charge in [-0.1, -0.05) is 6.07 Å². The van der Waals surface area contributed by atoms with Crippen molar-refractivity contribution < 1.29 is 14.3 Å². The summed E-state index contributed by atoms with van der Waals surface area (Å²) in [6.07, 6.45) is 1.10. The number of nitrogens with one attached hydrogen (secondary N) is 1. The van der Waals surface area contributed by atoms with E-state index in [2.05, 4.69) is 5.32 Å². The van der Waals surface area contributed by atoms with Crippen molar-refractivity contribution in [1.29, 1.82) is 0 Å². The van der Waals surface area contributed by atoms with Crippen LogP contribution in [0.4, 0.5) is 0 Å². The molecule has 5 nitrogen and oxygen atoms in total. The normalized spacial score (nSPS) is 9.42. The average molecular weight is 289 g/mol. The Morgan fingerprint density at radius 1 is 1.26 bits per heavy atom. The fraction of sp³-hybridized carbons (Fsp3) is 0.462. The van der Waals surface area contributed by atoms with Crippen LogP contribution >= 0.6 is 12.4 Å². The molecular formula is C13H21ClN2O3. The fourth-order valence-electron chi connectivity index (χ4n) is 1.59. The maximum Gasteiger partial charge on any atom is 0.220 e. The summed E-state index contributed by atoms with van der Waals surface area (Å²) in [7, 11) is 3.19. The molecule has 0 saturated heterocycles. The molecule has 6 heteroatoms. The van der Waals surface area contributed by atoms with Crippen LogP contribution in [-0.2, 0) is 11.2 Å². The van der Waals surface area contributed by atoms with Gasteiger partial charge in [-0.3, -0.25) is 4.79 Å². The zero-order chi connectivity index (χ0) is 13.4. The lowest BCUT2D eigenvalue weighted by molar-refractivity contribution is -0.120. The van der Waals surface area contributed by atoms with Gasteiger partial charge in [-0.05, 0) is 24.1 Å². The molecule has 0 unspecified atom stereocenters. The number of halogens is 1. The molecule has 19 heavy (non-hydrogen) atoms. The zero-order valence-corrected chi connectivity index (χ0v) is 12.1. The number of hydrogen-bond donors (Lipinski definition) is 2. The summed E-state index contributed by atoms with van der Waals surface area (Å²) >= 11 is 0. The van der Waals surface area contributed by atoms with Crippen LogP contribution < -0.4 is 20.5 Å². The summed E-state index contributed by atoms with van der Waals surface area (Å²) < 4.78 is 10.4. The molecule has 0 atom stereocenters. The van der Waals surface area contributed by atoms with E-state index < -0.39 is 0 Å². The number of amides is 1. The van der Waals surface area contributed by atoms with E-state index in [4.69, 9.17) is 15.2 Å². The van der Waals surface area contributed by atoms with E-state index in [1.54, 1.807) is 14.2 Å². The Bertz CT molecular complexity index is 399. The van der Waals surface area contributed by atoms with Gasteiger partial charge in [-0.2, -0.15) is 0 Å². The van der Waals surface area contributed by atoms with E-state index in [1.165, 1.54) is 0 Å². The van der Waals surface area contributed by atoms with Gasteiger partial charge in [0.2, 0.25) is 5.91 Å². The molecule has 1 amide bonds. The molecule has 0 aromatic heterocycles. The van der Waals surface area contributed by atoms with Gasteiger partial charge in [-0.25, -0.2) is 0 Å². The third-order valence-corrected chi connectivity index (χ3v) is 2.56. The summed E-state index contributed by atoms with van der Waals surface area (Å²) in [5.74, 6) is 1.38. The number of rotatable bonds is 7. The maximum atomic E-state index is 11.4. The predicted octanol–water partition coefficient (Wildman–Crippen LogP) is 1.13. The third-order valence-electron chi connectivity index (χ3n) is 2.56. The topological polar surface area (TPSA) is 73.6 Å². The number of nitrogens with two attached hydrogens (primary N) is 1. The molecule has 0 heterocycles. The van der Waals surface area contributed by atoms with Crippen molar-refractivity contribution >= 4 is 18.3 Å². The molecule has 0 radical (unpaired) electrons. The van der Waals surface area contributed by atoms with Crippen LogP contribution in [0.1, 0.15) is 12.0 Å². The van der Waals surface area contributed by atoms with E-state index in [0.29, 0.717) is 37.4 Å². The molecule has 1 aromatic rings. The summed E-state index contributed by atoms with van der Waals surface area (Å²) in [4.78, 5) is 11.4. The maximum absolute atomic E-state index is 11.4. The zero-order valence-electron chi connectivity index (χ0n) is 11.3. The summed E-state index contributed by atoms with van der Waals surface area (Å²) in [5, 5.41) is 2.73. The fourth-order valence-corrected chi connectivity index (χ4v) is 1.59. The van der Waals surface area contributed by atoms with E-state index in [0.717, 1.165) is 5.56 Å². The number of benzene rings is 1. The smallest absolute Gasteiger partial charge is 0.220 e. The SMILES string of the molecule is COc1ccc(CCC(=O)NCCN)cc1OC.Cl. The Labute approximate surface area is 119 Å². The van der Waals surface area contributed by atoms with Crippen LogP contribution in [0.3, 0.4) is 0 Å². The lowest BCUT2D eigenvalue weighted by Gasteiger charge is -2.09. The highest BCUT2D eigenvalue weighted by Crippen LogP contribution is 2.27. The number of carbonyl (C=O) groups excluding carboxylic acids is 1. The second-order valence-corrected chi connectivity index (χ2v) is 3.83. The van der Waals surface area contributed by atoms with Gasteiger partial charge < -0.3 is 20.5 Å². The second kappa shape index (κ2) is 9.47. The van der Waals surface area contributed by atoms with E-state index in [9.17, 15) is 4.79 Å². The van der Waals surface area contributed by atoms with Crippen molar-refractivity contribution in [3.05, 3.63) is 23.8 Å². The number of ether oxygens (including phenoxy) is 2. The lowest BCUT2D eigenvalue weighted by atomic mass is 10.1. The van der Waals surface area contributed by atoms with Crippen molar-refractivity contribution in [3.8, 4) is 11.5 Å². The van der Waals surface area contributed by atoms with E-state index in [-0.39, 0.29) is 18.3 Å². The minimum atomic E-state index is 0. The Morgan fingerprint density at radius 2 is 1.95 bits per heavy atom. The molecule has 3 N–H and O–H groups in total. The van der Waals surface area contributed by atoms with Gasteiger partial charge in [0, 0.05) is 19.5 Å². The number of hydrogen-bond acceptors (Lipinski definition) is 4. The Balaban J connectivity index is 0.00000324. The molecular weight excluding hydrogens is 268 g/mol. The molecule has 1 aromatic carbocycles. The Hall–Kier alpha value is -1.46. The van der Waals surface area contributed by atoms with Crippen molar-refractivity contribution in [2.45, 2.75) is 12.8 Å². The van der Waals surface area contributed by atoms with Gasteiger partial charge in [0.15, 0.2) is 11.5 Å². The number of methoxy groups -OCH3 is 2. The monoisotopic (exact) mass is 288 g/mol. The second-order valence-electron chi connectivity index (χ2n) is 3.83. The molecule has 1 rings (SSSR count). The molecule has 0 fully saturated rings. The minimum Gasteiger partial charge on any atom is -0.493 e. The highest BCUT2D eigenvalue weighted by atomic mass is 35.5. The van der Waals surface area contributed by atoms with Crippen molar-refractivity contribution in [2.24, 2.45) is 5.73 Å². The predicted molar refractivity (Wildman–Crippen MR) is 77.2 cm³/mol. The number of carbonyl (C=O) groups is 1. The quantitative estimate of drug-likeness (QED) is 0.789. The first-order valence-corrected chi connectivity index (χ1v) is 5.89. The van der Waals surface area contributed by atoms with Crippen LogP contribution in [0.2, 0.25) is 0 Å². The molecule has 0 bridgehead atoms. The van der Waals surface area contributed by atoms with E-state index in [1.807, 2.05) is 18.2 Å². The number of aryl methyl sites for hydroxylation is 1. The van der Waals surface area contributed by atoms with Crippen LogP contribution in [0.5, 0.6) is 11.5 Å². The van der Waals surface area contributed by atoms with Crippen molar-refractivity contribution in [3.63, 3.8) is 0 Å². The average Bonchev–Trinajstić information content (AvgIpc) is 2.42. The Morgan fingerprint density at radius 3 is 2.53 bits per heavy atom. The van der Waals surface area contributed by atoms with Crippen LogP contribution in [0.15, 0.2) is 18.2 Å². The molecule has 0 spiro atoms. The molecule has 0 aliphatic carbocycles. The molecule has 0 aliphatic heterocycles. The van der Waals surface area contributed by atoms with Crippen LogP contribution in [0.25, 0.3) is 0 Å². The first-order valence-electron chi connectivity index (χ1n) is 5.89. The van der Waals surface area contributed by atoms with Gasteiger partial charge in [0.1, 0.15) is 0 Å². The molecule has 0 saturated carbocycles. The summed E-state index contributed by atoms with van der Waals surface area (Å²) in [6, 6.07) is 5.65. The standard InChI is InChI=1S/C13H20N2O3.ClH/c1-17-11-5-3-10(9-12(11)18-2)4-6-13(16)15-8-7-14;/h3,5,9H,4,6-8,14H2,1-2H3,(H,15,16);1H. The highest BCUT2D eigenvalue weighted by molar-refractivity contribution is 5.85. The third kappa shape index (κ3) is 5.81. The molecule has 0 aliphatic rings. The van der Waals surface area contributed by atoms with Crippen LogP contribution in [0, 0.1) is 0 Å². The first-order chi connectivity index (χ1) is 8.71. The largest absolute Gasteiger partial charge is 0.493 e. The lowest BCUT2D eigenvalue weighted by Crippen LogP contribution is -2.29. The van der Waals surface area contributed by atoms with Crippen molar-refractivity contribution in [1.82, 2.24) is 5.32 Å². The van der Waals surface area contributed by atoms with Gasteiger partial charge in [-0.15, -0.1) is 12.4 Å². The highest BCUT2D eigenvalue weighted by Gasteiger charge is 2.06. The van der Waals surface area contributed by atoms with Gasteiger partial charge >= 0.3 is 0 Å². The van der Waals surface area contributed by atoms with Gasteiger partial charge in [0.25, 0.3) is 0 Å². The van der Waals surface area contributed by atoms with E-state index >= 15 is 0 Å². The minimum absolute atomic E-state index is 0. The summed E-state index contributed by atoms with van der Waals surface area (Å²) in [5.41, 5.74) is 6.35. The Kier molecular flexibility index (Phi) is 8.74. The first kappa shape index (κ1) is 17.5. The summed E-state index contributed by atoms with van der Waals surface area (Å²) in [6.45, 7) is 0.979. The van der Waals surface area contributed by atoms with Gasteiger partial charge in [0.05, 0.1) is 14.2 Å². The van der Waals surface area contributed by atoms with Crippen LogP contribution in [-0.4, -0.2) is 33.2 Å². The molecule has 108 valence electrons.